The number of methoxy groups -OCH3 is 2. The van der Waals surface area contributed by atoms with Crippen molar-refractivity contribution < 1.29 is 67.0 Å². The van der Waals surface area contributed by atoms with Gasteiger partial charge in [-0.1, -0.05) is 109 Å². The Morgan fingerprint density at radius 3 is 1.40 bits per heavy atom. The average Bonchev–Trinajstić information content (AvgIpc) is 1.66. The van der Waals surface area contributed by atoms with E-state index in [-0.39, 0.29) is 61.7 Å². The Hall–Kier alpha value is -6.70. The summed E-state index contributed by atoms with van der Waals surface area (Å²) in [7, 11) is 13.2. The van der Waals surface area contributed by atoms with E-state index in [0.717, 1.165) is 9.80 Å². The van der Waals surface area contributed by atoms with Crippen molar-refractivity contribution in [1.29, 1.82) is 0 Å². The Morgan fingerprint density at radius 2 is 0.936 bits per heavy atom. The molecule has 1 aromatic carbocycles. The number of amides is 11. The van der Waals surface area contributed by atoms with Gasteiger partial charge in [-0.15, -0.1) is 0 Å². The molecule has 0 bridgehead atoms. The van der Waals surface area contributed by atoms with Crippen LogP contribution in [0, 0.1) is 41.4 Å². The van der Waals surface area contributed by atoms with Gasteiger partial charge in [-0.25, -0.2) is 0 Å². The SMILES string of the molecule is CC[C@@H]1NC(=O)[C@H]([C@@H]2O[C@@H](Sc3cc(OC)cc(OC)c3)C[C@H]2C)N(C)C(=O)[C@H](C(C)C)N(C)C(=O)[C@H](CC(C)C)N(C)C(=O)[C@H](CC(C)C)N(C)C(=O)[C@@H](C)NC(=O)[C@H](C)NC(=O)[C@H](CC(C)C)N(C)C(=O)[C@H](C(C)C)NC(=O)[C@H](CC(C)C)N(C)C(=O)CN(C)C1=O. The first-order chi connectivity index (χ1) is 43.6. The van der Waals surface area contributed by atoms with Crippen LogP contribution in [0.4, 0.5) is 0 Å². The molecule has 26 heteroatoms. The average molecular weight is 1340 g/mol. The standard InChI is InChI=1S/C68H115N11O14S/c1-26-48-64(86)73(17)35-53(80)74(18)49(27-36(2)3)61(83)72-55(40(10)11)67(89)75(19)50(28-37(4)5)60(82)69-43(15)59(81)70-44(16)63(85)76(20)51(29-38(6)7)65(87)77(21)52(30-39(8)9)66(88)78(22)56(41(12)13)68(90)79(23)57(62(84)71-48)58-42(14)31-54(93-58)94-47-33-45(91-24)32-46(34-47)92-25/h32-34,36-44,48-52,54-58H,26-31,35H2,1-25H3,(H,69,82)(H,70,81)(H,71,84)(H,72,83)/t42-,43+,44-,48+,49+,50+,51+,52+,54+,55+,56+,57+,58-/m1/s1. The highest BCUT2D eigenvalue weighted by Crippen LogP contribution is 2.41. The minimum absolute atomic E-state index is 0.0437. The van der Waals surface area contributed by atoms with Crippen LogP contribution in [0.25, 0.3) is 0 Å². The molecule has 0 radical (unpaired) electrons. The zero-order valence-corrected chi connectivity index (χ0v) is 61.7. The summed E-state index contributed by atoms with van der Waals surface area (Å²) in [5.41, 5.74) is -0.553. The molecule has 0 aromatic heterocycles. The Morgan fingerprint density at radius 1 is 0.489 bits per heavy atom. The van der Waals surface area contributed by atoms with E-state index < -0.39 is 155 Å². The van der Waals surface area contributed by atoms with Crippen molar-refractivity contribution in [3.8, 4) is 11.5 Å². The van der Waals surface area contributed by atoms with E-state index in [1.165, 1.54) is 119 Å². The monoisotopic (exact) mass is 1340 g/mol. The number of hydrogen-bond donors (Lipinski definition) is 4. The van der Waals surface area contributed by atoms with E-state index in [1.807, 2.05) is 74.4 Å². The van der Waals surface area contributed by atoms with E-state index in [4.69, 9.17) is 14.2 Å². The van der Waals surface area contributed by atoms with Gasteiger partial charge in [0, 0.05) is 60.3 Å². The molecule has 3 rings (SSSR count). The molecule has 2 saturated heterocycles. The summed E-state index contributed by atoms with van der Waals surface area (Å²) in [6.07, 6.45) is 0.105. The van der Waals surface area contributed by atoms with Gasteiger partial charge in [-0.2, -0.15) is 0 Å². The third-order valence-corrected chi connectivity index (χ3v) is 18.8. The normalized spacial score (nSPS) is 27.8. The van der Waals surface area contributed by atoms with Gasteiger partial charge < -0.3 is 69.8 Å². The third-order valence-electron chi connectivity index (χ3n) is 17.8. The number of likely N-dealkylation sites (N-methyl/N-ethyl adjacent to an activating group) is 7. The summed E-state index contributed by atoms with van der Waals surface area (Å²) < 4.78 is 17.9. The first-order valence-electron chi connectivity index (χ1n) is 33.3. The van der Waals surface area contributed by atoms with Crippen LogP contribution < -0.4 is 30.7 Å². The largest absolute Gasteiger partial charge is 0.497 e. The van der Waals surface area contributed by atoms with Gasteiger partial charge in [0.15, 0.2) is 0 Å². The summed E-state index contributed by atoms with van der Waals surface area (Å²) in [5.74, 6) is -8.11. The van der Waals surface area contributed by atoms with Gasteiger partial charge in [-0.3, -0.25) is 52.7 Å². The molecule has 2 aliphatic rings. The molecule has 0 unspecified atom stereocenters. The van der Waals surface area contributed by atoms with Crippen LogP contribution in [0.2, 0.25) is 0 Å². The molecule has 1 aromatic rings. The molecule has 0 saturated carbocycles. The van der Waals surface area contributed by atoms with E-state index in [2.05, 4.69) is 21.3 Å². The van der Waals surface area contributed by atoms with E-state index in [0.29, 0.717) is 17.9 Å². The fourth-order valence-electron chi connectivity index (χ4n) is 12.1. The third kappa shape index (κ3) is 21.7. The van der Waals surface area contributed by atoms with E-state index in [1.54, 1.807) is 40.7 Å². The predicted octanol–water partition coefficient (Wildman–Crippen LogP) is 4.87. The second-order valence-electron chi connectivity index (χ2n) is 28.2. The zero-order chi connectivity index (χ0) is 71.8. The lowest BCUT2D eigenvalue weighted by molar-refractivity contribution is -0.157. The summed E-state index contributed by atoms with van der Waals surface area (Å²) >= 11 is 1.37. The molecule has 0 spiro atoms. The van der Waals surface area contributed by atoms with Gasteiger partial charge in [0.1, 0.15) is 77.4 Å². The molecule has 532 valence electrons. The van der Waals surface area contributed by atoms with Crippen LogP contribution in [0.5, 0.6) is 11.5 Å². The van der Waals surface area contributed by atoms with Crippen molar-refractivity contribution in [3.63, 3.8) is 0 Å². The number of benzene rings is 1. The van der Waals surface area contributed by atoms with Crippen LogP contribution >= 0.6 is 11.8 Å². The molecule has 2 heterocycles. The number of thioether (sulfide) groups is 1. The molecule has 11 amide bonds. The highest BCUT2D eigenvalue weighted by Gasteiger charge is 2.49. The van der Waals surface area contributed by atoms with E-state index in [9.17, 15) is 33.6 Å². The van der Waals surface area contributed by atoms with Crippen LogP contribution in [-0.4, -0.2) is 241 Å². The van der Waals surface area contributed by atoms with Crippen molar-refractivity contribution in [2.75, 3.05) is 70.1 Å². The highest BCUT2D eigenvalue weighted by molar-refractivity contribution is 7.99. The molecule has 4 N–H and O–H groups in total. The smallest absolute Gasteiger partial charge is 0.246 e. The number of nitrogens with zero attached hydrogens (tertiary/aromatic N) is 7. The maximum atomic E-state index is 15.6. The van der Waals surface area contributed by atoms with Crippen molar-refractivity contribution in [1.82, 2.24) is 55.6 Å². The molecular weight excluding hydrogens is 1230 g/mol. The number of ether oxygens (including phenoxy) is 3. The maximum Gasteiger partial charge on any atom is 0.246 e. The summed E-state index contributed by atoms with van der Waals surface area (Å²) in [6.45, 7) is 28.0. The maximum absolute atomic E-state index is 15.6. The molecule has 2 aliphatic heterocycles. The Kier molecular flexibility index (Phi) is 31.6. The number of rotatable bonds is 16. The van der Waals surface area contributed by atoms with Gasteiger partial charge >= 0.3 is 0 Å². The molecule has 2 fully saturated rings. The lowest BCUT2D eigenvalue weighted by Gasteiger charge is -2.41. The van der Waals surface area contributed by atoms with E-state index >= 15 is 19.2 Å². The number of nitrogens with one attached hydrogen (secondary N) is 4. The van der Waals surface area contributed by atoms with Gasteiger partial charge in [0.05, 0.1) is 26.9 Å². The Labute approximate surface area is 564 Å². The van der Waals surface area contributed by atoms with Crippen LogP contribution in [-0.2, 0) is 57.5 Å². The van der Waals surface area contributed by atoms with Gasteiger partial charge in [0.25, 0.3) is 0 Å². The van der Waals surface area contributed by atoms with Crippen LogP contribution in [0.3, 0.4) is 0 Å². The minimum atomic E-state index is -1.42. The predicted molar refractivity (Wildman–Crippen MR) is 362 cm³/mol. The molecule has 25 nitrogen and oxygen atoms in total. The second-order valence-corrected chi connectivity index (χ2v) is 29.5. The lowest BCUT2D eigenvalue weighted by atomic mass is 9.93. The first kappa shape index (κ1) is 81.5. The summed E-state index contributed by atoms with van der Waals surface area (Å²) in [6, 6.07) is -6.73. The fourth-order valence-corrected chi connectivity index (χ4v) is 13.4. The summed E-state index contributed by atoms with van der Waals surface area (Å²) in [4.78, 5) is 172. The van der Waals surface area contributed by atoms with Crippen LogP contribution in [0.15, 0.2) is 23.1 Å². The number of carbonyl (C=O) groups excluding carboxylic acids is 11. The number of carbonyl (C=O) groups is 11. The Balaban J connectivity index is 2.33. The number of hydrogen-bond acceptors (Lipinski definition) is 15. The molecule has 0 aliphatic carbocycles. The highest BCUT2D eigenvalue weighted by atomic mass is 32.2. The molecule has 94 heavy (non-hydrogen) atoms. The van der Waals surface area contributed by atoms with Crippen molar-refractivity contribution >= 4 is 76.7 Å². The summed E-state index contributed by atoms with van der Waals surface area (Å²) in [5, 5.41) is 11.2. The Bertz CT molecular complexity index is 2780. The van der Waals surface area contributed by atoms with Gasteiger partial charge in [-0.05, 0) is 106 Å². The molecular formula is C68H115N11O14S. The zero-order valence-electron chi connectivity index (χ0n) is 60.9. The van der Waals surface area contributed by atoms with Crippen molar-refractivity contribution in [2.45, 2.75) is 226 Å². The van der Waals surface area contributed by atoms with Crippen molar-refractivity contribution in [2.24, 2.45) is 41.4 Å². The second kappa shape index (κ2) is 36.4. The van der Waals surface area contributed by atoms with Crippen molar-refractivity contribution in [3.05, 3.63) is 18.2 Å². The fraction of sp³-hybridized carbons (Fsp3) is 0.750. The first-order valence-corrected chi connectivity index (χ1v) is 34.1. The minimum Gasteiger partial charge on any atom is -0.497 e. The lowest BCUT2D eigenvalue weighted by Crippen LogP contribution is -2.63. The topological polar surface area (TPSA) is 286 Å². The van der Waals surface area contributed by atoms with Gasteiger partial charge in [0.2, 0.25) is 65.0 Å². The molecule has 13 atom stereocenters. The quantitative estimate of drug-likeness (QED) is 0.172. The van der Waals surface area contributed by atoms with Crippen LogP contribution in [0.1, 0.15) is 149 Å².